The number of fused-ring (bicyclic) bond motifs is 1. The SMILES string of the molecule is CCc1cc(Oc2ccc3c(c2)OCO3)nc(SCc2ccc(F)c(F)c2)n1. The molecule has 0 radical (unpaired) electrons. The lowest BCUT2D eigenvalue weighted by molar-refractivity contribution is 0.174. The first-order valence-corrected chi connectivity index (χ1v) is 9.61. The van der Waals surface area contributed by atoms with Gasteiger partial charge in [-0.2, -0.15) is 4.98 Å². The lowest BCUT2D eigenvalue weighted by Gasteiger charge is -2.09. The largest absolute Gasteiger partial charge is 0.454 e. The number of aryl methyl sites for hydroxylation is 1. The van der Waals surface area contributed by atoms with Gasteiger partial charge in [0, 0.05) is 23.6 Å². The fraction of sp³-hybridized carbons (Fsp3) is 0.200. The summed E-state index contributed by atoms with van der Waals surface area (Å²) in [7, 11) is 0. The van der Waals surface area contributed by atoms with Crippen molar-refractivity contribution in [1.82, 2.24) is 9.97 Å². The van der Waals surface area contributed by atoms with Crippen LogP contribution < -0.4 is 14.2 Å². The molecule has 1 aromatic heterocycles. The zero-order valence-corrected chi connectivity index (χ0v) is 15.8. The van der Waals surface area contributed by atoms with Crippen LogP contribution in [0.4, 0.5) is 8.78 Å². The summed E-state index contributed by atoms with van der Waals surface area (Å²) in [5.74, 6) is 0.946. The van der Waals surface area contributed by atoms with Gasteiger partial charge in [0.05, 0.1) is 0 Å². The van der Waals surface area contributed by atoms with Crippen LogP contribution in [0, 0.1) is 11.6 Å². The van der Waals surface area contributed by atoms with Crippen LogP contribution in [0.5, 0.6) is 23.1 Å². The third-order valence-corrected chi connectivity index (χ3v) is 4.93. The molecule has 3 aromatic rings. The van der Waals surface area contributed by atoms with Crippen molar-refractivity contribution in [3.63, 3.8) is 0 Å². The molecule has 0 amide bonds. The molecular formula is C20H16F2N2O3S. The van der Waals surface area contributed by atoms with Gasteiger partial charge in [-0.25, -0.2) is 13.8 Å². The molecule has 4 rings (SSSR count). The first kappa shape index (κ1) is 18.5. The molecule has 1 aliphatic heterocycles. The van der Waals surface area contributed by atoms with Crippen LogP contribution in [0.1, 0.15) is 18.2 Å². The van der Waals surface area contributed by atoms with Gasteiger partial charge in [0.25, 0.3) is 0 Å². The van der Waals surface area contributed by atoms with Gasteiger partial charge in [0.1, 0.15) is 5.75 Å². The van der Waals surface area contributed by atoms with Crippen molar-refractivity contribution in [2.75, 3.05) is 6.79 Å². The van der Waals surface area contributed by atoms with Gasteiger partial charge in [-0.3, -0.25) is 0 Å². The highest BCUT2D eigenvalue weighted by Crippen LogP contribution is 2.36. The summed E-state index contributed by atoms with van der Waals surface area (Å²) in [5, 5.41) is 0.500. The molecule has 5 nitrogen and oxygen atoms in total. The fourth-order valence-electron chi connectivity index (χ4n) is 2.59. The first-order valence-electron chi connectivity index (χ1n) is 8.63. The van der Waals surface area contributed by atoms with Gasteiger partial charge < -0.3 is 14.2 Å². The highest BCUT2D eigenvalue weighted by molar-refractivity contribution is 7.98. The quantitative estimate of drug-likeness (QED) is 0.421. The number of thioether (sulfide) groups is 1. The van der Waals surface area contributed by atoms with E-state index in [1.165, 1.54) is 17.8 Å². The Bertz CT molecular complexity index is 1020. The molecule has 2 aromatic carbocycles. The van der Waals surface area contributed by atoms with Gasteiger partial charge in [0.15, 0.2) is 28.3 Å². The van der Waals surface area contributed by atoms with Crippen molar-refractivity contribution >= 4 is 11.8 Å². The molecule has 0 aliphatic carbocycles. The molecule has 2 heterocycles. The van der Waals surface area contributed by atoms with Gasteiger partial charge in [-0.1, -0.05) is 24.8 Å². The van der Waals surface area contributed by atoms with E-state index < -0.39 is 11.6 Å². The molecule has 0 saturated carbocycles. The molecule has 0 atom stereocenters. The maximum atomic E-state index is 13.4. The molecule has 0 spiro atoms. The Morgan fingerprint density at radius 2 is 1.86 bits per heavy atom. The first-order chi connectivity index (χ1) is 13.6. The minimum atomic E-state index is -0.867. The highest BCUT2D eigenvalue weighted by Gasteiger charge is 2.15. The summed E-state index contributed by atoms with van der Waals surface area (Å²) >= 11 is 1.33. The number of aromatic nitrogens is 2. The van der Waals surface area contributed by atoms with E-state index >= 15 is 0 Å². The minimum absolute atomic E-state index is 0.192. The van der Waals surface area contributed by atoms with Crippen molar-refractivity contribution in [1.29, 1.82) is 0 Å². The number of halogens is 2. The normalized spacial score (nSPS) is 12.2. The number of rotatable bonds is 6. The van der Waals surface area contributed by atoms with Gasteiger partial charge in [-0.05, 0) is 36.2 Å². The van der Waals surface area contributed by atoms with Crippen molar-refractivity contribution in [3.05, 3.63) is 65.4 Å². The Balaban J connectivity index is 1.51. The van der Waals surface area contributed by atoms with E-state index in [0.717, 1.165) is 11.8 Å². The van der Waals surface area contributed by atoms with Gasteiger partial charge >= 0.3 is 0 Å². The lowest BCUT2D eigenvalue weighted by Crippen LogP contribution is -1.97. The zero-order chi connectivity index (χ0) is 19.5. The Labute approximate surface area is 164 Å². The van der Waals surface area contributed by atoms with E-state index in [0.29, 0.717) is 46.0 Å². The Morgan fingerprint density at radius 3 is 2.68 bits per heavy atom. The second-order valence-corrected chi connectivity index (χ2v) is 6.93. The molecule has 144 valence electrons. The Hall–Kier alpha value is -2.87. The van der Waals surface area contributed by atoms with E-state index in [9.17, 15) is 8.78 Å². The number of hydrogen-bond acceptors (Lipinski definition) is 6. The number of nitrogens with zero attached hydrogens (tertiary/aromatic N) is 2. The molecule has 0 N–H and O–H groups in total. The van der Waals surface area contributed by atoms with Crippen LogP contribution in [0.15, 0.2) is 47.6 Å². The van der Waals surface area contributed by atoms with E-state index in [1.54, 1.807) is 30.3 Å². The Morgan fingerprint density at radius 1 is 1.00 bits per heavy atom. The summed E-state index contributed by atoms with van der Waals surface area (Å²) < 4.78 is 42.9. The van der Waals surface area contributed by atoms with E-state index in [4.69, 9.17) is 14.2 Å². The smallest absolute Gasteiger partial charge is 0.231 e. The van der Waals surface area contributed by atoms with E-state index in [2.05, 4.69) is 9.97 Å². The average molecular weight is 402 g/mol. The maximum Gasteiger partial charge on any atom is 0.231 e. The Kier molecular flexibility index (Phi) is 5.29. The molecule has 1 aliphatic rings. The minimum Gasteiger partial charge on any atom is -0.454 e. The summed E-state index contributed by atoms with van der Waals surface area (Å²) in [5.41, 5.74) is 1.46. The van der Waals surface area contributed by atoms with Crippen molar-refractivity contribution < 1.29 is 23.0 Å². The molecule has 0 fully saturated rings. The molecule has 28 heavy (non-hydrogen) atoms. The average Bonchev–Trinajstić information content (AvgIpc) is 3.16. The standard InChI is InChI=1S/C20H16F2N2O3S/c1-2-13-8-19(27-14-4-6-17-18(9-14)26-11-25-17)24-20(23-13)28-10-12-3-5-15(21)16(22)7-12/h3-9H,2,10-11H2,1H3. The maximum absolute atomic E-state index is 13.4. The van der Waals surface area contributed by atoms with Gasteiger partial charge in [0.2, 0.25) is 12.7 Å². The van der Waals surface area contributed by atoms with Crippen molar-refractivity contribution in [3.8, 4) is 23.1 Å². The van der Waals surface area contributed by atoms with Crippen LogP contribution in [0.2, 0.25) is 0 Å². The number of ether oxygens (including phenoxy) is 3. The van der Waals surface area contributed by atoms with Crippen LogP contribution in [0.25, 0.3) is 0 Å². The highest BCUT2D eigenvalue weighted by atomic mass is 32.2. The molecule has 0 bridgehead atoms. The number of benzene rings is 2. The van der Waals surface area contributed by atoms with Gasteiger partial charge in [-0.15, -0.1) is 0 Å². The van der Waals surface area contributed by atoms with Crippen LogP contribution in [0.3, 0.4) is 0 Å². The summed E-state index contributed by atoms with van der Waals surface area (Å²) in [6, 6.07) is 10.9. The molecular weight excluding hydrogens is 386 g/mol. The second kappa shape index (κ2) is 8.02. The zero-order valence-electron chi connectivity index (χ0n) is 14.9. The molecule has 0 saturated heterocycles. The van der Waals surface area contributed by atoms with E-state index in [-0.39, 0.29) is 6.79 Å². The molecule has 0 unspecified atom stereocenters. The number of hydrogen-bond donors (Lipinski definition) is 0. The summed E-state index contributed by atoms with van der Waals surface area (Å²) in [6.07, 6.45) is 0.707. The third-order valence-electron chi connectivity index (χ3n) is 4.02. The predicted molar refractivity (Wildman–Crippen MR) is 100.0 cm³/mol. The van der Waals surface area contributed by atoms with Crippen molar-refractivity contribution in [2.45, 2.75) is 24.3 Å². The fourth-order valence-corrected chi connectivity index (χ4v) is 3.40. The summed E-state index contributed by atoms with van der Waals surface area (Å²) in [4.78, 5) is 8.88. The van der Waals surface area contributed by atoms with Crippen LogP contribution in [-0.2, 0) is 12.2 Å². The van der Waals surface area contributed by atoms with E-state index in [1.807, 2.05) is 6.92 Å². The van der Waals surface area contributed by atoms with Crippen LogP contribution in [-0.4, -0.2) is 16.8 Å². The second-order valence-electron chi connectivity index (χ2n) is 5.99. The monoisotopic (exact) mass is 402 g/mol. The third kappa shape index (κ3) is 4.17. The lowest BCUT2D eigenvalue weighted by atomic mass is 10.2. The molecule has 8 heteroatoms. The topological polar surface area (TPSA) is 53.5 Å². The van der Waals surface area contributed by atoms with Crippen molar-refractivity contribution in [2.24, 2.45) is 0 Å². The predicted octanol–water partition coefficient (Wildman–Crippen LogP) is 5.13. The summed E-state index contributed by atoms with van der Waals surface area (Å²) in [6.45, 7) is 2.17. The van der Waals surface area contributed by atoms with Crippen LogP contribution >= 0.6 is 11.8 Å².